The average Bonchev–Trinajstić information content (AvgIpc) is 2.46. The molecule has 0 saturated carbocycles. The van der Waals surface area contributed by atoms with Crippen molar-refractivity contribution in [2.24, 2.45) is 0 Å². The SMILES string of the molecule is CC(C)(C)OC(=O)N1CCC(C#N)(Nc2cccc(Cl)c2)CC1. The van der Waals surface area contributed by atoms with Crippen molar-refractivity contribution in [2.45, 2.75) is 44.8 Å². The van der Waals surface area contributed by atoms with Crippen LogP contribution >= 0.6 is 11.6 Å². The quantitative estimate of drug-likeness (QED) is 0.885. The summed E-state index contributed by atoms with van der Waals surface area (Å²) < 4.78 is 5.38. The van der Waals surface area contributed by atoms with Gasteiger partial charge in [-0.3, -0.25) is 0 Å². The smallest absolute Gasteiger partial charge is 0.410 e. The Morgan fingerprint density at radius 1 is 1.39 bits per heavy atom. The van der Waals surface area contributed by atoms with Crippen LogP contribution in [0.5, 0.6) is 0 Å². The van der Waals surface area contributed by atoms with E-state index < -0.39 is 11.1 Å². The van der Waals surface area contributed by atoms with Gasteiger partial charge in [0, 0.05) is 36.6 Å². The van der Waals surface area contributed by atoms with Crippen LogP contribution in [0.15, 0.2) is 24.3 Å². The zero-order valence-corrected chi connectivity index (χ0v) is 14.5. The zero-order chi connectivity index (χ0) is 17.1. The van der Waals surface area contributed by atoms with E-state index in [-0.39, 0.29) is 6.09 Å². The van der Waals surface area contributed by atoms with E-state index in [0.29, 0.717) is 31.0 Å². The number of hydrogen-bond donors (Lipinski definition) is 1. The maximum absolute atomic E-state index is 12.1. The third-order valence-electron chi connectivity index (χ3n) is 3.69. The number of nitrogens with one attached hydrogen (secondary N) is 1. The molecule has 1 aromatic carbocycles. The molecule has 1 heterocycles. The summed E-state index contributed by atoms with van der Waals surface area (Å²) in [6.45, 7) is 6.49. The lowest BCUT2D eigenvalue weighted by atomic mass is 9.88. The number of piperidine rings is 1. The Hall–Kier alpha value is -1.93. The molecule has 0 radical (unpaired) electrons. The minimum absolute atomic E-state index is 0.327. The highest BCUT2D eigenvalue weighted by Crippen LogP contribution is 2.28. The number of nitrogens with zero attached hydrogens (tertiary/aromatic N) is 2. The van der Waals surface area contributed by atoms with E-state index in [1.165, 1.54) is 0 Å². The van der Waals surface area contributed by atoms with E-state index in [1.54, 1.807) is 17.0 Å². The van der Waals surface area contributed by atoms with Crippen molar-refractivity contribution in [1.82, 2.24) is 4.90 Å². The molecule has 1 fully saturated rings. The Balaban J connectivity index is 2.00. The van der Waals surface area contributed by atoms with Gasteiger partial charge in [-0.05, 0) is 39.0 Å². The lowest BCUT2D eigenvalue weighted by Gasteiger charge is -2.38. The second kappa shape index (κ2) is 6.67. The number of likely N-dealkylation sites (tertiary alicyclic amines) is 1. The molecule has 2 rings (SSSR count). The largest absolute Gasteiger partial charge is 0.444 e. The van der Waals surface area contributed by atoms with Crippen molar-refractivity contribution in [3.05, 3.63) is 29.3 Å². The number of amides is 1. The maximum Gasteiger partial charge on any atom is 0.410 e. The Morgan fingerprint density at radius 3 is 2.57 bits per heavy atom. The summed E-state index contributed by atoms with van der Waals surface area (Å²) >= 11 is 5.99. The molecule has 1 aliphatic rings. The highest BCUT2D eigenvalue weighted by atomic mass is 35.5. The second-order valence-corrected chi connectivity index (χ2v) is 7.23. The van der Waals surface area contributed by atoms with E-state index in [9.17, 15) is 10.1 Å². The Morgan fingerprint density at radius 2 is 2.04 bits per heavy atom. The summed E-state index contributed by atoms with van der Waals surface area (Å²) in [5, 5.41) is 13.5. The number of carbonyl (C=O) groups excluding carboxylic acids is 1. The molecule has 0 spiro atoms. The number of halogens is 1. The maximum atomic E-state index is 12.1. The Bertz CT molecular complexity index is 611. The van der Waals surface area contributed by atoms with Crippen LogP contribution in [0.3, 0.4) is 0 Å². The molecule has 0 bridgehead atoms. The number of anilines is 1. The van der Waals surface area contributed by atoms with Crippen molar-refractivity contribution < 1.29 is 9.53 Å². The van der Waals surface area contributed by atoms with Crippen molar-refractivity contribution in [3.8, 4) is 6.07 Å². The highest BCUT2D eigenvalue weighted by Gasteiger charge is 2.37. The summed E-state index contributed by atoms with van der Waals surface area (Å²) in [6.07, 6.45) is 0.747. The van der Waals surface area contributed by atoms with Crippen LogP contribution in [0, 0.1) is 11.3 Å². The van der Waals surface area contributed by atoms with Gasteiger partial charge in [0.1, 0.15) is 11.1 Å². The van der Waals surface area contributed by atoms with Gasteiger partial charge in [-0.25, -0.2) is 4.79 Å². The highest BCUT2D eigenvalue weighted by molar-refractivity contribution is 6.30. The van der Waals surface area contributed by atoms with Gasteiger partial charge in [0.05, 0.1) is 6.07 Å². The molecule has 0 aromatic heterocycles. The van der Waals surface area contributed by atoms with Crippen molar-refractivity contribution >= 4 is 23.4 Å². The third-order valence-corrected chi connectivity index (χ3v) is 3.93. The van der Waals surface area contributed by atoms with Crippen LogP contribution in [0.2, 0.25) is 5.02 Å². The van der Waals surface area contributed by atoms with Crippen LogP contribution in [0.1, 0.15) is 33.6 Å². The molecular weight excluding hydrogens is 314 g/mol. The predicted octanol–water partition coefficient (Wildman–Crippen LogP) is 4.05. The Labute approximate surface area is 142 Å². The van der Waals surface area contributed by atoms with Crippen LogP contribution in [-0.2, 0) is 4.74 Å². The topological polar surface area (TPSA) is 65.4 Å². The summed E-state index contributed by atoms with van der Waals surface area (Å²) in [4.78, 5) is 13.8. The molecular formula is C17H22ClN3O2. The first-order chi connectivity index (χ1) is 10.7. The van der Waals surface area contributed by atoms with Gasteiger partial charge < -0.3 is 15.0 Å². The fourth-order valence-electron chi connectivity index (χ4n) is 2.50. The number of ether oxygens (including phenoxy) is 1. The first-order valence-corrected chi connectivity index (χ1v) is 8.04. The molecule has 1 aromatic rings. The minimum Gasteiger partial charge on any atom is -0.444 e. The molecule has 124 valence electrons. The molecule has 1 aliphatic heterocycles. The van der Waals surface area contributed by atoms with E-state index in [2.05, 4.69) is 11.4 Å². The van der Waals surface area contributed by atoms with Crippen molar-refractivity contribution in [1.29, 1.82) is 5.26 Å². The van der Waals surface area contributed by atoms with Crippen molar-refractivity contribution in [2.75, 3.05) is 18.4 Å². The summed E-state index contributed by atoms with van der Waals surface area (Å²) in [7, 11) is 0. The van der Waals surface area contributed by atoms with Gasteiger partial charge in [-0.1, -0.05) is 17.7 Å². The molecule has 0 unspecified atom stereocenters. The normalized spacial score (nSPS) is 17.3. The monoisotopic (exact) mass is 335 g/mol. The summed E-state index contributed by atoms with van der Waals surface area (Å²) in [5.41, 5.74) is -0.395. The van der Waals surface area contributed by atoms with E-state index in [1.807, 2.05) is 32.9 Å². The van der Waals surface area contributed by atoms with Gasteiger partial charge in [-0.2, -0.15) is 5.26 Å². The third kappa shape index (κ3) is 4.77. The molecule has 6 heteroatoms. The number of hydrogen-bond acceptors (Lipinski definition) is 4. The molecule has 23 heavy (non-hydrogen) atoms. The van der Waals surface area contributed by atoms with Crippen molar-refractivity contribution in [3.63, 3.8) is 0 Å². The fourth-order valence-corrected chi connectivity index (χ4v) is 2.70. The van der Waals surface area contributed by atoms with Crippen LogP contribution in [0.25, 0.3) is 0 Å². The van der Waals surface area contributed by atoms with Gasteiger partial charge in [0.15, 0.2) is 0 Å². The van der Waals surface area contributed by atoms with Gasteiger partial charge in [0.2, 0.25) is 0 Å². The number of benzene rings is 1. The lowest BCUT2D eigenvalue weighted by Crippen LogP contribution is -2.51. The van der Waals surface area contributed by atoms with Gasteiger partial charge in [0.25, 0.3) is 0 Å². The molecule has 0 aliphatic carbocycles. The average molecular weight is 336 g/mol. The van der Waals surface area contributed by atoms with Crippen LogP contribution in [0.4, 0.5) is 10.5 Å². The first-order valence-electron chi connectivity index (χ1n) is 7.66. The number of rotatable bonds is 2. The fraction of sp³-hybridized carbons (Fsp3) is 0.529. The summed E-state index contributed by atoms with van der Waals surface area (Å²) in [5.74, 6) is 0. The van der Waals surface area contributed by atoms with E-state index in [0.717, 1.165) is 5.69 Å². The molecule has 1 amide bonds. The van der Waals surface area contributed by atoms with Crippen LogP contribution < -0.4 is 5.32 Å². The number of carbonyl (C=O) groups is 1. The molecule has 0 atom stereocenters. The Kier molecular flexibility index (Phi) is 5.06. The predicted molar refractivity (Wildman–Crippen MR) is 90.5 cm³/mol. The standard InChI is InChI=1S/C17H22ClN3O2/c1-16(2,3)23-15(22)21-9-7-17(12-19,8-10-21)20-14-6-4-5-13(18)11-14/h4-6,11,20H,7-10H2,1-3H3. The minimum atomic E-state index is -0.691. The second-order valence-electron chi connectivity index (χ2n) is 6.80. The lowest BCUT2D eigenvalue weighted by molar-refractivity contribution is 0.0195. The van der Waals surface area contributed by atoms with Crippen LogP contribution in [-0.4, -0.2) is 35.2 Å². The van der Waals surface area contributed by atoms with E-state index in [4.69, 9.17) is 16.3 Å². The molecule has 1 N–H and O–H groups in total. The molecule has 1 saturated heterocycles. The summed E-state index contributed by atoms with van der Waals surface area (Å²) in [6, 6.07) is 9.66. The van der Waals surface area contributed by atoms with Gasteiger partial charge in [-0.15, -0.1) is 0 Å². The van der Waals surface area contributed by atoms with Gasteiger partial charge >= 0.3 is 6.09 Å². The zero-order valence-electron chi connectivity index (χ0n) is 13.7. The van der Waals surface area contributed by atoms with E-state index >= 15 is 0 Å². The first kappa shape index (κ1) is 17.4. The number of nitriles is 1. The molecule has 5 nitrogen and oxygen atoms in total.